The molecule has 0 aliphatic carbocycles. The van der Waals surface area contributed by atoms with Crippen molar-refractivity contribution >= 4 is 11.6 Å². The summed E-state index contributed by atoms with van der Waals surface area (Å²) < 4.78 is 0. The number of hydrazine groups is 1. The Morgan fingerprint density at radius 2 is 2.28 bits per heavy atom. The number of hydrogen-bond donors (Lipinski definition) is 2. The van der Waals surface area contributed by atoms with E-state index in [1.807, 2.05) is 0 Å². The van der Waals surface area contributed by atoms with Gasteiger partial charge in [-0.15, -0.1) is 0 Å². The van der Waals surface area contributed by atoms with Crippen LogP contribution in [-0.2, 0) is 6.42 Å². The molecule has 0 aliphatic heterocycles. The lowest BCUT2D eigenvalue weighted by molar-refractivity contribution is -0.428. The number of halogens is 1. The molecule has 0 atom stereocenters. The maximum absolute atomic E-state index is 10.7. The van der Waals surface area contributed by atoms with Crippen LogP contribution in [0.3, 0.4) is 0 Å². The first-order valence-electron chi connectivity index (χ1n) is 5.07. The molecule has 7 nitrogen and oxygen atoms in total. The van der Waals surface area contributed by atoms with Crippen LogP contribution in [-0.4, -0.2) is 29.0 Å². The molecule has 1 heterocycles. The first-order valence-corrected chi connectivity index (χ1v) is 5.45. The number of rotatable bonds is 5. The van der Waals surface area contributed by atoms with Gasteiger partial charge in [-0.25, -0.2) is 9.99 Å². The predicted octanol–water partition coefficient (Wildman–Crippen LogP) is 0.748. The third-order valence-electron chi connectivity index (χ3n) is 2.03. The molecule has 18 heavy (non-hydrogen) atoms. The van der Waals surface area contributed by atoms with Crippen LogP contribution in [0.4, 0.5) is 0 Å². The fourth-order valence-electron chi connectivity index (χ4n) is 1.28. The molecule has 0 saturated heterocycles. The Balaban J connectivity index is 2.95. The number of nitrogens with two attached hydrogens (primary N) is 1. The third-order valence-corrected chi connectivity index (χ3v) is 2.26. The van der Waals surface area contributed by atoms with Crippen molar-refractivity contribution in [1.82, 2.24) is 15.4 Å². The molecule has 1 rings (SSSR count). The highest BCUT2D eigenvalue weighted by molar-refractivity contribution is 6.29. The molecule has 0 spiro atoms. The number of aromatic nitrogens is 1. The van der Waals surface area contributed by atoms with Gasteiger partial charge < -0.3 is 15.5 Å². The van der Waals surface area contributed by atoms with E-state index in [-0.39, 0.29) is 6.42 Å². The van der Waals surface area contributed by atoms with E-state index in [9.17, 15) is 10.1 Å². The summed E-state index contributed by atoms with van der Waals surface area (Å²) in [6.07, 6.45) is 1.82. The van der Waals surface area contributed by atoms with E-state index in [0.29, 0.717) is 10.9 Å². The molecule has 8 heteroatoms. The van der Waals surface area contributed by atoms with Crippen molar-refractivity contribution < 1.29 is 4.92 Å². The molecule has 0 aromatic carbocycles. The summed E-state index contributed by atoms with van der Waals surface area (Å²) in [5.74, 6) is -0.418. The average molecular weight is 272 g/mol. The summed E-state index contributed by atoms with van der Waals surface area (Å²) in [5, 5.41) is 12.6. The van der Waals surface area contributed by atoms with E-state index in [0.717, 1.165) is 5.56 Å². The summed E-state index contributed by atoms with van der Waals surface area (Å²) in [6.45, 7) is 0. The maximum Gasteiger partial charge on any atom is 0.334 e. The van der Waals surface area contributed by atoms with Crippen LogP contribution in [0, 0.1) is 10.1 Å². The fourth-order valence-corrected chi connectivity index (χ4v) is 1.39. The first kappa shape index (κ1) is 14.2. The van der Waals surface area contributed by atoms with Gasteiger partial charge in [0.2, 0.25) is 0 Å². The first-order chi connectivity index (χ1) is 8.40. The van der Waals surface area contributed by atoms with Crippen LogP contribution in [0.25, 0.3) is 0 Å². The zero-order valence-corrected chi connectivity index (χ0v) is 10.8. The lowest BCUT2D eigenvalue weighted by atomic mass is 10.1. The van der Waals surface area contributed by atoms with Crippen molar-refractivity contribution in [2.24, 2.45) is 5.73 Å². The minimum absolute atomic E-state index is 0.273. The largest absolute Gasteiger partial charge is 0.358 e. The van der Waals surface area contributed by atoms with Gasteiger partial charge in [0.15, 0.2) is 0 Å². The number of nitro groups is 1. The van der Waals surface area contributed by atoms with Crippen molar-refractivity contribution in [1.29, 1.82) is 0 Å². The molecule has 0 radical (unpaired) electrons. The minimum atomic E-state index is -0.630. The maximum atomic E-state index is 10.7. The summed E-state index contributed by atoms with van der Waals surface area (Å²) in [5.41, 5.74) is 9.31. The van der Waals surface area contributed by atoms with E-state index >= 15 is 0 Å². The molecule has 98 valence electrons. The van der Waals surface area contributed by atoms with Gasteiger partial charge in [0.25, 0.3) is 0 Å². The molecular formula is C10H14ClN5O2. The van der Waals surface area contributed by atoms with Crippen LogP contribution < -0.4 is 11.2 Å². The fraction of sp³-hybridized carbons (Fsp3) is 0.300. The minimum Gasteiger partial charge on any atom is -0.358 e. The Morgan fingerprint density at radius 3 is 2.72 bits per heavy atom. The highest BCUT2D eigenvalue weighted by Gasteiger charge is 2.13. The molecule has 3 N–H and O–H groups in total. The Kier molecular flexibility index (Phi) is 4.87. The molecule has 1 aromatic heterocycles. The molecule has 0 saturated carbocycles. The van der Waals surface area contributed by atoms with Crippen molar-refractivity contribution in [3.63, 3.8) is 0 Å². The van der Waals surface area contributed by atoms with Crippen molar-refractivity contribution in [2.75, 3.05) is 14.1 Å². The standard InChI is InChI=1S/C10H14ClN5O2/c1-15(2)14-8(10(12)16(17)18)5-7-3-4-9(11)13-6-7/h3-4,6,14H,5,12H2,1-2H3. The molecule has 0 aliphatic rings. The van der Waals surface area contributed by atoms with Gasteiger partial charge in [0.1, 0.15) is 10.9 Å². The molecule has 0 fully saturated rings. The van der Waals surface area contributed by atoms with Crippen molar-refractivity contribution in [3.8, 4) is 0 Å². The SMILES string of the molecule is CN(C)NC(Cc1ccc(Cl)nc1)=C(N)[N+](=O)[O-]. The number of allylic oxidation sites excluding steroid dienone is 1. The van der Waals surface area contributed by atoms with Gasteiger partial charge in [-0.3, -0.25) is 5.73 Å². The summed E-state index contributed by atoms with van der Waals surface area (Å²) in [6, 6.07) is 3.35. The van der Waals surface area contributed by atoms with Gasteiger partial charge in [-0.2, -0.15) is 0 Å². The van der Waals surface area contributed by atoms with Gasteiger partial charge in [-0.05, 0) is 16.6 Å². The van der Waals surface area contributed by atoms with E-state index in [1.54, 1.807) is 37.4 Å². The second kappa shape index (κ2) is 6.18. The van der Waals surface area contributed by atoms with Gasteiger partial charge >= 0.3 is 5.82 Å². The van der Waals surface area contributed by atoms with Crippen LogP contribution in [0.1, 0.15) is 5.56 Å². The lowest BCUT2D eigenvalue weighted by Crippen LogP contribution is -2.34. The van der Waals surface area contributed by atoms with Crippen LogP contribution >= 0.6 is 11.6 Å². The van der Waals surface area contributed by atoms with Gasteiger partial charge in [0, 0.05) is 26.7 Å². The zero-order chi connectivity index (χ0) is 13.7. The second-order valence-electron chi connectivity index (χ2n) is 3.79. The van der Waals surface area contributed by atoms with E-state index in [4.69, 9.17) is 17.3 Å². The number of hydrogen-bond acceptors (Lipinski definition) is 6. The Hall–Kier alpha value is -1.86. The van der Waals surface area contributed by atoms with E-state index in [1.165, 1.54) is 0 Å². The number of nitrogens with zero attached hydrogens (tertiary/aromatic N) is 3. The third kappa shape index (κ3) is 4.19. The van der Waals surface area contributed by atoms with E-state index in [2.05, 4.69) is 10.4 Å². The number of pyridine rings is 1. The topological polar surface area (TPSA) is 97.3 Å². The highest BCUT2D eigenvalue weighted by Crippen LogP contribution is 2.10. The zero-order valence-electron chi connectivity index (χ0n) is 10.1. The molecule has 0 unspecified atom stereocenters. The summed E-state index contributed by atoms with van der Waals surface area (Å²) in [4.78, 5) is 14.0. The lowest BCUT2D eigenvalue weighted by Gasteiger charge is -2.16. The van der Waals surface area contributed by atoms with Crippen LogP contribution in [0.15, 0.2) is 29.8 Å². The summed E-state index contributed by atoms with van der Waals surface area (Å²) >= 11 is 5.67. The number of nitrogens with one attached hydrogen (secondary N) is 1. The van der Waals surface area contributed by atoms with E-state index < -0.39 is 10.7 Å². The normalized spacial score (nSPS) is 12.2. The molecular weight excluding hydrogens is 258 g/mol. The molecule has 0 bridgehead atoms. The second-order valence-corrected chi connectivity index (χ2v) is 4.18. The Morgan fingerprint density at radius 1 is 1.61 bits per heavy atom. The van der Waals surface area contributed by atoms with Crippen molar-refractivity contribution in [3.05, 3.63) is 50.7 Å². The Bertz CT molecular complexity index is 458. The highest BCUT2D eigenvalue weighted by atomic mass is 35.5. The van der Waals surface area contributed by atoms with Crippen molar-refractivity contribution in [2.45, 2.75) is 6.42 Å². The predicted molar refractivity (Wildman–Crippen MR) is 68.0 cm³/mol. The van der Waals surface area contributed by atoms with Crippen LogP contribution in [0.2, 0.25) is 5.15 Å². The van der Waals surface area contributed by atoms with Gasteiger partial charge in [0.05, 0.1) is 0 Å². The Labute approximate surface area is 109 Å². The average Bonchev–Trinajstić information content (AvgIpc) is 2.29. The monoisotopic (exact) mass is 271 g/mol. The smallest absolute Gasteiger partial charge is 0.334 e. The summed E-state index contributed by atoms with van der Waals surface area (Å²) in [7, 11) is 3.43. The molecule has 0 amide bonds. The quantitative estimate of drug-likeness (QED) is 0.466. The molecule has 1 aromatic rings. The van der Waals surface area contributed by atoms with Crippen LogP contribution in [0.5, 0.6) is 0 Å². The van der Waals surface area contributed by atoms with Gasteiger partial charge in [-0.1, -0.05) is 17.7 Å².